The Bertz CT molecular complexity index is 590. The van der Waals surface area contributed by atoms with Gasteiger partial charge in [0, 0.05) is 19.1 Å². The van der Waals surface area contributed by atoms with Crippen LogP contribution in [0.1, 0.15) is 18.4 Å². The fourth-order valence-electron chi connectivity index (χ4n) is 2.40. The Morgan fingerprint density at radius 2 is 2.05 bits per heavy atom. The molecule has 6 heteroatoms. The number of hydrogen-bond acceptors (Lipinski definition) is 5. The van der Waals surface area contributed by atoms with Gasteiger partial charge in [0.25, 0.3) is 0 Å². The van der Waals surface area contributed by atoms with Gasteiger partial charge in [0.15, 0.2) is 9.84 Å². The van der Waals surface area contributed by atoms with Gasteiger partial charge in [-0.3, -0.25) is 0 Å². The average molecular weight is 293 g/mol. The van der Waals surface area contributed by atoms with Gasteiger partial charge in [-0.25, -0.2) is 8.42 Å². The largest absolute Gasteiger partial charge is 0.327 e. The minimum Gasteiger partial charge on any atom is -0.327 e. The zero-order valence-electron chi connectivity index (χ0n) is 11.3. The van der Waals surface area contributed by atoms with E-state index in [4.69, 9.17) is 11.0 Å². The smallest absolute Gasteiger partial charge is 0.179 e. The van der Waals surface area contributed by atoms with Gasteiger partial charge < -0.3 is 10.6 Å². The summed E-state index contributed by atoms with van der Waals surface area (Å²) in [5, 5.41) is 8.71. The Hall–Kier alpha value is -1.42. The van der Waals surface area contributed by atoms with E-state index in [1.165, 1.54) is 24.3 Å². The molecule has 5 nitrogen and oxygen atoms in total. The molecule has 0 unspecified atom stereocenters. The highest BCUT2D eigenvalue weighted by molar-refractivity contribution is 7.91. The Labute approximate surface area is 119 Å². The second-order valence-corrected chi connectivity index (χ2v) is 7.27. The third kappa shape index (κ3) is 3.79. The third-order valence-corrected chi connectivity index (χ3v) is 5.27. The van der Waals surface area contributed by atoms with Crippen LogP contribution in [0.15, 0.2) is 29.2 Å². The summed E-state index contributed by atoms with van der Waals surface area (Å²) in [6.07, 6.45) is 2.04. The maximum Gasteiger partial charge on any atom is 0.179 e. The minimum absolute atomic E-state index is 0.0889. The molecule has 2 rings (SSSR count). The predicted octanol–water partition coefficient (Wildman–Crippen LogP) is 0.755. The molecule has 1 saturated heterocycles. The Balaban J connectivity index is 1.98. The molecule has 1 aliphatic rings. The van der Waals surface area contributed by atoms with Crippen molar-refractivity contribution < 1.29 is 8.42 Å². The van der Waals surface area contributed by atoms with Crippen molar-refractivity contribution in [1.29, 1.82) is 5.26 Å². The summed E-state index contributed by atoms with van der Waals surface area (Å²) in [5.74, 6) is 0.0889. The number of nitriles is 1. The first-order valence-corrected chi connectivity index (χ1v) is 8.37. The summed E-state index contributed by atoms with van der Waals surface area (Å²) < 4.78 is 24.4. The number of likely N-dealkylation sites (tertiary alicyclic amines) is 1. The third-order valence-electron chi connectivity index (χ3n) is 3.56. The lowest BCUT2D eigenvalue weighted by atomic mass is 10.1. The van der Waals surface area contributed by atoms with Gasteiger partial charge in [-0.2, -0.15) is 5.26 Å². The van der Waals surface area contributed by atoms with Crippen LogP contribution in [0.2, 0.25) is 0 Å². The maximum absolute atomic E-state index is 12.2. The van der Waals surface area contributed by atoms with E-state index in [0.29, 0.717) is 12.1 Å². The number of piperidine rings is 1. The molecular formula is C14H19N3O2S. The normalized spacial score (nSPS) is 20.5. The van der Waals surface area contributed by atoms with Gasteiger partial charge in [0.05, 0.1) is 22.3 Å². The van der Waals surface area contributed by atoms with Crippen LogP contribution in [0.5, 0.6) is 0 Å². The van der Waals surface area contributed by atoms with Crippen molar-refractivity contribution >= 4 is 9.84 Å². The molecule has 0 bridgehead atoms. The highest BCUT2D eigenvalue weighted by atomic mass is 32.2. The molecule has 0 amide bonds. The van der Waals surface area contributed by atoms with E-state index in [2.05, 4.69) is 4.90 Å². The molecule has 2 N–H and O–H groups in total. The monoisotopic (exact) mass is 293 g/mol. The Morgan fingerprint density at radius 1 is 1.35 bits per heavy atom. The standard InChI is InChI=1S/C14H19N3O2S/c15-10-12-3-5-14(6-4-12)20(18,19)9-8-17-7-1-2-13(16)11-17/h3-6,13H,1-2,7-9,11,16H2/t13-/m1/s1. The molecule has 0 radical (unpaired) electrons. The van der Waals surface area contributed by atoms with E-state index in [9.17, 15) is 8.42 Å². The number of sulfone groups is 1. The molecule has 1 atom stereocenters. The molecule has 1 aromatic rings. The maximum atomic E-state index is 12.2. The van der Waals surface area contributed by atoms with E-state index in [1.54, 1.807) is 0 Å². The lowest BCUT2D eigenvalue weighted by Gasteiger charge is -2.30. The topological polar surface area (TPSA) is 87.2 Å². The molecule has 1 heterocycles. The lowest BCUT2D eigenvalue weighted by molar-refractivity contribution is 0.220. The van der Waals surface area contributed by atoms with Gasteiger partial charge in [0.2, 0.25) is 0 Å². The molecule has 0 spiro atoms. The fraction of sp³-hybridized carbons (Fsp3) is 0.500. The molecule has 0 aliphatic carbocycles. The van der Waals surface area contributed by atoms with Crippen LogP contribution in [0.4, 0.5) is 0 Å². The summed E-state index contributed by atoms with van der Waals surface area (Å²) in [5.41, 5.74) is 6.35. The average Bonchev–Trinajstić information content (AvgIpc) is 2.45. The molecule has 0 saturated carbocycles. The van der Waals surface area contributed by atoms with Crippen molar-refractivity contribution in [3.8, 4) is 6.07 Å². The number of nitrogens with zero attached hydrogens (tertiary/aromatic N) is 2. The van der Waals surface area contributed by atoms with E-state index in [-0.39, 0.29) is 16.7 Å². The fourth-order valence-corrected chi connectivity index (χ4v) is 3.68. The molecule has 20 heavy (non-hydrogen) atoms. The van der Waals surface area contributed by atoms with Crippen molar-refractivity contribution in [2.75, 3.05) is 25.4 Å². The summed E-state index contributed by atoms with van der Waals surface area (Å²) >= 11 is 0. The first-order valence-electron chi connectivity index (χ1n) is 6.72. The molecule has 1 aliphatic heterocycles. The number of hydrogen-bond donors (Lipinski definition) is 1. The SMILES string of the molecule is N#Cc1ccc(S(=O)(=O)CCN2CCC[C@@H](N)C2)cc1. The summed E-state index contributed by atoms with van der Waals surface area (Å²) in [6, 6.07) is 8.19. The van der Waals surface area contributed by atoms with Crippen LogP contribution < -0.4 is 5.73 Å². The summed E-state index contributed by atoms with van der Waals surface area (Å²) in [4.78, 5) is 2.38. The first kappa shape index (κ1) is 15.0. The van der Waals surface area contributed by atoms with Crippen LogP contribution >= 0.6 is 0 Å². The summed E-state index contributed by atoms with van der Waals surface area (Å²) in [6.45, 7) is 2.19. The van der Waals surface area contributed by atoms with E-state index >= 15 is 0 Å². The highest BCUT2D eigenvalue weighted by Gasteiger charge is 2.20. The Kier molecular flexibility index (Phi) is 4.76. The molecule has 108 valence electrons. The zero-order valence-corrected chi connectivity index (χ0v) is 12.1. The van der Waals surface area contributed by atoms with Crippen LogP contribution in [-0.2, 0) is 9.84 Å². The molecular weight excluding hydrogens is 274 g/mol. The van der Waals surface area contributed by atoms with Crippen molar-refractivity contribution in [3.05, 3.63) is 29.8 Å². The van der Waals surface area contributed by atoms with Crippen LogP contribution in [0.25, 0.3) is 0 Å². The number of rotatable bonds is 4. The molecule has 1 fully saturated rings. The summed E-state index contributed by atoms with van der Waals surface area (Å²) in [7, 11) is -3.29. The van der Waals surface area contributed by atoms with E-state index < -0.39 is 9.84 Å². The Morgan fingerprint density at radius 3 is 2.65 bits per heavy atom. The van der Waals surface area contributed by atoms with Crippen LogP contribution in [0, 0.1) is 11.3 Å². The van der Waals surface area contributed by atoms with Gasteiger partial charge in [-0.1, -0.05) is 0 Å². The van der Waals surface area contributed by atoms with Crippen molar-refractivity contribution in [1.82, 2.24) is 4.90 Å². The second-order valence-electron chi connectivity index (χ2n) is 5.16. The van der Waals surface area contributed by atoms with Crippen molar-refractivity contribution in [2.24, 2.45) is 5.73 Å². The van der Waals surface area contributed by atoms with Gasteiger partial charge in [-0.15, -0.1) is 0 Å². The quantitative estimate of drug-likeness (QED) is 0.885. The van der Waals surface area contributed by atoms with Crippen LogP contribution in [0.3, 0.4) is 0 Å². The minimum atomic E-state index is -3.29. The number of nitrogens with two attached hydrogens (primary N) is 1. The van der Waals surface area contributed by atoms with Gasteiger partial charge in [0.1, 0.15) is 0 Å². The van der Waals surface area contributed by atoms with E-state index in [0.717, 1.165) is 25.9 Å². The van der Waals surface area contributed by atoms with E-state index in [1.807, 2.05) is 6.07 Å². The van der Waals surface area contributed by atoms with Gasteiger partial charge >= 0.3 is 0 Å². The number of benzene rings is 1. The van der Waals surface area contributed by atoms with Crippen molar-refractivity contribution in [2.45, 2.75) is 23.8 Å². The lowest BCUT2D eigenvalue weighted by Crippen LogP contribution is -2.44. The predicted molar refractivity (Wildman–Crippen MR) is 76.9 cm³/mol. The second kappa shape index (κ2) is 6.35. The zero-order chi connectivity index (χ0) is 14.6. The molecule has 1 aromatic carbocycles. The van der Waals surface area contributed by atoms with Crippen molar-refractivity contribution in [3.63, 3.8) is 0 Å². The van der Waals surface area contributed by atoms with Gasteiger partial charge in [-0.05, 0) is 43.7 Å². The highest BCUT2D eigenvalue weighted by Crippen LogP contribution is 2.14. The molecule has 0 aromatic heterocycles. The van der Waals surface area contributed by atoms with Crippen LogP contribution in [-0.4, -0.2) is 44.7 Å². The first-order chi connectivity index (χ1) is 9.51.